The number of rotatable bonds is 2. The molecule has 0 saturated heterocycles. The minimum absolute atomic E-state index is 0.0486. The molecule has 5 heteroatoms. The Labute approximate surface area is 80.1 Å². The highest BCUT2D eigenvalue weighted by atomic mass is 16.6. The van der Waals surface area contributed by atoms with Crippen LogP contribution >= 0.6 is 0 Å². The molecule has 0 heterocycles. The van der Waals surface area contributed by atoms with Gasteiger partial charge in [0.2, 0.25) is 0 Å². The van der Waals surface area contributed by atoms with Crippen molar-refractivity contribution in [2.75, 3.05) is 0 Å². The summed E-state index contributed by atoms with van der Waals surface area (Å²) in [5.41, 5.74) is 0.891. The summed E-state index contributed by atoms with van der Waals surface area (Å²) >= 11 is 0. The Hall–Kier alpha value is -1.91. The van der Waals surface area contributed by atoms with Gasteiger partial charge in [-0.1, -0.05) is 0 Å². The number of carbonyl (C=O) groups is 1. The van der Waals surface area contributed by atoms with Crippen molar-refractivity contribution < 1.29 is 14.8 Å². The molecule has 1 N–H and O–H groups in total. The lowest BCUT2D eigenvalue weighted by molar-refractivity contribution is -0.385. The summed E-state index contributed by atoms with van der Waals surface area (Å²) in [6.07, 6.45) is 0. The van der Waals surface area contributed by atoms with Crippen molar-refractivity contribution in [3.8, 4) is 0 Å². The zero-order chi connectivity index (χ0) is 10.9. The maximum Gasteiger partial charge on any atom is 0.335 e. The van der Waals surface area contributed by atoms with Gasteiger partial charge in [0.15, 0.2) is 0 Å². The van der Waals surface area contributed by atoms with Crippen LogP contribution in [0, 0.1) is 24.0 Å². The third-order valence-corrected chi connectivity index (χ3v) is 2.19. The van der Waals surface area contributed by atoms with Gasteiger partial charge in [-0.2, -0.15) is 0 Å². The fourth-order valence-corrected chi connectivity index (χ4v) is 1.24. The highest BCUT2D eigenvalue weighted by Crippen LogP contribution is 2.23. The highest BCUT2D eigenvalue weighted by Gasteiger charge is 2.17. The first-order valence-corrected chi connectivity index (χ1v) is 3.93. The third-order valence-electron chi connectivity index (χ3n) is 2.19. The third kappa shape index (κ3) is 1.56. The normalized spacial score (nSPS) is 9.86. The van der Waals surface area contributed by atoms with Crippen LogP contribution in [-0.2, 0) is 0 Å². The maximum atomic E-state index is 10.7. The predicted molar refractivity (Wildman–Crippen MR) is 49.5 cm³/mol. The largest absolute Gasteiger partial charge is 0.478 e. The lowest BCUT2D eigenvalue weighted by Crippen LogP contribution is -2.03. The molecule has 74 valence electrons. The number of hydrogen-bond acceptors (Lipinski definition) is 3. The maximum absolute atomic E-state index is 10.7. The van der Waals surface area contributed by atoms with Crippen LogP contribution in [0.2, 0.25) is 0 Å². The minimum atomic E-state index is -1.07. The predicted octanol–water partition coefficient (Wildman–Crippen LogP) is 1.91. The summed E-state index contributed by atoms with van der Waals surface area (Å²) in [7, 11) is 0. The molecule has 0 aromatic heterocycles. The van der Waals surface area contributed by atoms with Gasteiger partial charge < -0.3 is 5.11 Å². The summed E-state index contributed by atoms with van der Waals surface area (Å²) in [5, 5.41) is 19.3. The molecule has 1 rings (SSSR count). The average molecular weight is 195 g/mol. The van der Waals surface area contributed by atoms with Crippen LogP contribution in [0.15, 0.2) is 12.1 Å². The molecule has 0 radical (unpaired) electrons. The van der Waals surface area contributed by atoms with Gasteiger partial charge in [-0.05, 0) is 25.5 Å². The quantitative estimate of drug-likeness (QED) is 0.577. The lowest BCUT2D eigenvalue weighted by Gasteiger charge is -2.04. The minimum Gasteiger partial charge on any atom is -0.478 e. The molecule has 0 unspecified atom stereocenters. The van der Waals surface area contributed by atoms with Gasteiger partial charge in [-0.25, -0.2) is 4.79 Å². The molecule has 0 saturated carbocycles. The van der Waals surface area contributed by atoms with E-state index in [0.717, 1.165) is 0 Å². The van der Waals surface area contributed by atoms with E-state index in [9.17, 15) is 14.9 Å². The Bertz CT molecular complexity index is 373. The summed E-state index contributed by atoms with van der Waals surface area (Å²) in [5.74, 6) is -1.07. The standard InChI is InChI=1S/C9H9NO4/c1-5-6(2)8(10(13)14)4-3-7(5)9(11)12/h3-4H,1-2H3,(H,11,12). The fraction of sp³-hybridized carbons (Fsp3) is 0.222. The SMILES string of the molecule is Cc1c(C(=O)O)ccc([N+](=O)[O-])c1C. The van der Waals surface area contributed by atoms with Gasteiger partial charge in [0, 0.05) is 11.6 Å². The molecule has 0 spiro atoms. The summed E-state index contributed by atoms with van der Waals surface area (Å²) in [6.45, 7) is 3.10. The van der Waals surface area contributed by atoms with Crippen LogP contribution in [0.5, 0.6) is 0 Å². The molecule has 1 aromatic carbocycles. The zero-order valence-corrected chi connectivity index (χ0v) is 7.77. The molecule has 1 aromatic rings. The van der Waals surface area contributed by atoms with E-state index >= 15 is 0 Å². The van der Waals surface area contributed by atoms with Gasteiger partial charge in [0.25, 0.3) is 5.69 Å². The van der Waals surface area contributed by atoms with Crippen LogP contribution in [0.3, 0.4) is 0 Å². The molecule has 0 atom stereocenters. The van der Waals surface area contributed by atoms with E-state index in [0.29, 0.717) is 11.1 Å². The Morgan fingerprint density at radius 3 is 2.36 bits per heavy atom. The van der Waals surface area contributed by atoms with Crippen LogP contribution in [-0.4, -0.2) is 16.0 Å². The average Bonchev–Trinajstić information content (AvgIpc) is 2.08. The molecule has 14 heavy (non-hydrogen) atoms. The first kappa shape index (κ1) is 10.2. The van der Waals surface area contributed by atoms with E-state index in [4.69, 9.17) is 5.11 Å². The number of carboxylic acid groups (broad SMARTS) is 1. The molecular weight excluding hydrogens is 186 g/mol. The number of carboxylic acids is 1. The van der Waals surface area contributed by atoms with Crippen molar-refractivity contribution in [1.82, 2.24) is 0 Å². The van der Waals surface area contributed by atoms with E-state index in [-0.39, 0.29) is 11.3 Å². The first-order valence-electron chi connectivity index (χ1n) is 3.93. The van der Waals surface area contributed by atoms with Crippen molar-refractivity contribution in [3.05, 3.63) is 38.9 Å². The van der Waals surface area contributed by atoms with Crippen LogP contribution in [0.4, 0.5) is 5.69 Å². The number of aromatic carboxylic acids is 1. The van der Waals surface area contributed by atoms with E-state index in [1.165, 1.54) is 12.1 Å². The summed E-state index contributed by atoms with van der Waals surface area (Å²) in [6, 6.07) is 2.47. The Morgan fingerprint density at radius 1 is 1.36 bits per heavy atom. The van der Waals surface area contributed by atoms with Crippen molar-refractivity contribution in [3.63, 3.8) is 0 Å². The second kappa shape index (κ2) is 3.45. The Balaban J connectivity index is 3.41. The molecule has 0 bridgehead atoms. The van der Waals surface area contributed by atoms with E-state index in [1.807, 2.05) is 0 Å². The molecule has 0 aliphatic heterocycles. The Morgan fingerprint density at radius 2 is 1.93 bits per heavy atom. The number of nitro groups is 1. The number of hydrogen-bond donors (Lipinski definition) is 1. The van der Waals surface area contributed by atoms with Crippen LogP contribution in [0.25, 0.3) is 0 Å². The summed E-state index contributed by atoms with van der Waals surface area (Å²) < 4.78 is 0. The highest BCUT2D eigenvalue weighted by molar-refractivity contribution is 5.90. The van der Waals surface area contributed by atoms with Gasteiger partial charge >= 0.3 is 5.97 Å². The second-order valence-electron chi connectivity index (χ2n) is 2.94. The van der Waals surface area contributed by atoms with Gasteiger partial charge in [0.1, 0.15) is 0 Å². The van der Waals surface area contributed by atoms with E-state index in [2.05, 4.69) is 0 Å². The molecule has 0 fully saturated rings. The first-order chi connectivity index (χ1) is 6.45. The smallest absolute Gasteiger partial charge is 0.335 e. The summed E-state index contributed by atoms with van der Waals surface area (Å²) in [4.78, 5) is 20.7. The fourth-order valence-electron chi connectivity index (χ4n) is 1.24. The van der Waals surface area contributed by atoms with Gasteiger partial charge in [0.05, 0.1) is 10.5 Å². The van der Waals surface area contributed by atoms with Crippen molar-refractivity contribution in [2.24, 2.45) is 0 Å². The lowest BCUT2D eigenvalue weighted by atomic mass is 10.0. The number of benzene rings is 1. The number of nitrogens with zero attached hydrogens (tertiary/aromatic N) is 1. The second-order valence-corrected chi connectivity index (χ2v) is 2.94. The zero-order valence-electron chi connectivity index (χ0n) is 7.77. The van der Waals surface area contributed by atoms with E-state index < -0.39 is 10.9 Å². The van der Waals surface area contributed by atoms with Gasteiger partial charge in [-0.3, -0.25) is 10.1 Å². The molecule has 0 amide bonds. The molecular formula is C9H9NO4. The van der Waals surface area contributed by atoms with Crippen molar-refractivity contribution in [2.45, 2.75) is 13.8 Å². The monoisotopic (exact) mass is 195 g/mol. The van der Waals surface area contributed by atoms with Crippen LogP contribution < -0.4 is 0 Å². The van der Waals surface area contributed by atoms with Crippen molar-refractivity contribution >= 4 is 11.7 Å². The molecule has 5 nitrogen and oxygen atoms in total. The van der Waals surface area contributed by atoms with Crippen molar-refractivity contribution in [1.29, 1.82) is 0 Å². The van der Waals surface area contributed by atoms with Gasteiger partial charge in [-0.15, -0.1) is 0 Å². The molecule has 0 aliphatic carbocycles. The van der Waals surface area contributed by atoms with Crippen LogP contribution in [0.1, 0.15) is 21.5 Å². The van der Waals surface area contributed by atoms with E-state index in [1.54, 1.807) is 13.8 Å². The number of nitro benzene ring substituents is 1. The Kier molecular flexibility index (Phi) is 2.51. The molecule has 0 aliphatic rings. The topological polar surface area (TPSA) is 80.4 Å².